The van der Waals surface area contributed by atoms with Crippen LogP contribution in [0.5, 0.6) is 0 Å². The maximum Gasteiger partial charge on any atom is 0.274 e. The molecule has 0 aromatic carbocycles. The van der Waals surface area contributed by atoms with Crippen LogP contribution in [0.3, 0.4) is 0 Å². The lowest BCUT2D eigenvalue weighted by molar-refractivity contribution is 0.102. The number of aromatic nitrogens is 3. The SMILES string of the molecule is Cc1nn(C(C)C)c(C)c1NC(=O)c1cccc(F)n1. The van der Waals surface area contributed by atoms with Crippen LogP contribution in [0, 0.1) is 19.8 Å². The number of anilines is 1. The van der Waals surface area contributed by atoms with Crippen LogP contribution in [0.4, 0.5) is 10.1 Å². The fourth-order valence-electron chi connectivity index (χ4n) is 2.06. The lowest BCUT2D eigenvalue weighted by atomic mass is 10.2. The third kappa shape index (κ3) is 2.68. The van der Waals surface area contributed by atoms with E-state index >= 15 is 0 Å². The quantitative estimate of drug-likeness (QED) is 0.877. The highest BCUT2D eigenvalue weighted by molar-refractivity contribution is 6.03. The standard InChI is InChI=1S/C14H17FN4O/c1-8(2)19-10(4)13(9(3)18-19)17-14(20)11-6-5-7-12(15)16-11/h5-8H,1-4H3,(H,17,20). The number of halogens is 1. The summed E-state index contributed by atoms with van der Waals surface area (Å²) in [6, 6.07) is 4.32. The van der Waals surface area contributed by atoms with Crippen molar-refractivity contribution in [2.24, 2.45) is 0 Å². The number of aryl methyl sites for hydroxylation is 1. The molecule has 0 aliphatic rings. The molecule has 6 heteroatoms. The second kappa shape index (κ2) is 5.40. The Kier molecular flexibility index (Phi) is 3.83. The molecule has 0 saturated heterocycles. The highest BCUT2D eigenvalue weighted by Gasteiger charge is 2.17. The first-order valence-electron chi connectivity index (χ1n) is 6.39. The zero-order chi connectivity index (χ0) is 14.9. The molecule has 1 amide bonds. The van der Waals surface area contributed by atoms with Crippen LogP contribution in [0.1, 0.15) is 41.8 Å². The van der Waals surface area contributed by atoms with Crippen molar-refractivity contribution >= 4 is 11.6 Å². The molecule has 0 spiro atoms. The average molecular weight is 276 g/mol. The molecule has 0 atom stereocenters. The molecule has 106 valence electrons. The van der Waals surface area contributed by atoms with E-state index in [-0.39, 0.29) is 11.7 Å². The van der Waals surface area contributed by atoms with E-state index in [1.165, 1.54) is 18.2 Å². The van der Waals surface area contributed by atoms with Crippen LogP contribution in [0.25, 0.3) is 0 Å². The van der Waals surface area contributed by atoms with Gasteiger partial charge in [0, 0.05) is 6.04 Å². The van der Waals surface area contributed by atoms with E-state index in [4.69, 9.17) is 0 Å². The van der Waals surface area contributed by atoms with E-state index < -0.39 is 11.9 Å². The highest BCUT2D eigenvalue weighted by atomic mass is 19.1. The molecule has 0 aliphatic carbocycles. The summed E-state index contributed by atoms with van der Waals surface area (Å²) in [6.07, 6.45) is 0. The number of nitrogens with one attached hydrogen (secondary N) is 1. The molecule has 0 aliphatic heterocycles. The van der Waals surface area contributed by atoms with Gasteiger partial charge in [-0.1, -0.05) is 6.07 Å². The first-order chi connectivity index (χ1) is 9.40. The summed E-state index contributed by atoms with van der Waals surface area (Å²) in [6.45, 7) is 7.73. The van der Waals surface area contributed by atoms with Gasteiger partial charge in [0.2, 0.25) is 5.95 Å². The van der Waals surface area contributed by atoms with Crippen LogP contribution >= 0.6 is 0 Å². The maximum atomic E-state index is 13.0. The number of amides is 1. The smallest absolute Gasteiger partial charge is 0.274 e. The number of nitrogens with zero attached hydrogens (tertiary/aromatic N) is 3. The molecule has 20 heavy (non-hydrogen) atoms. The van der Waals surface area contributed by atoms with Gasteiger partial charge in [0.25, 0.3) is 5.91 Å². The predicted octanol–water partition coefficient (Wildman–Crippen LogP) is 2.87. The van der Waals surface area contributed by atoms with Crippen molar-refractivity contribution in [3.63, 3.8) is 0 Å². The fraction of sp³-hybridized carbons (Fsp3) is 0.357. The zero-order valence-corrected chi connectivity index (χ0v) is 11.9. The van der Waals surface area contributed by atoms with Crippen LogP contribution in [0.15, 0.2) is 18.2 Å². The van der Waals surface area contributed by atoms with Crippen LogP contribution < -0.4 is 5.32 Å². The summed E-state index contributed by atoms with van der Waals surface area (Å²) >= 11 is 0. The molecule has 1 N–H and O–H groups in total. The first-order valence-corrected chi connectivity index (χ1v) is 6.39. The Morgan fingerprint density at radius 2 is 2.05 bits per heavy atom. The lowest BCUT2D eigenvalue weighted by Gasteiger charge is -2.09. The fourth-order valence-corrected chi connectivity index (χ4v) is 2.06. The molecule has 0 unspecified atom stereocenters. The van der Waals surface area contributed by atoms with E-state index in [0.29, 0.717) is 5.69 Å². The molecular formula is C14H17FN4O. The molecule has 2 rings (SSSR count). The van der Waals surface area contributed by atoms with E-state index in [2.05, 4.69) is 15.4 Å². The first kappa shape index (κ1) is 14.2. The van der Waals surface area contributed by atoms with Gasteiger partial charge in [-0.3, -0.25) is 9.48 Å². The van der Waals surface area contributed by atoms with Crippen LogP contribution in [0.2, 0.25) is 0 Å². The Hall–Kier alpha value is -2.24. The highest BCUT2D eigenvalue weighted by Crippen LogP contribution is 2.22. The summed E-state index contributed by atoms with van der Waals surface area (Å²) in [5.74, 6) is -1.12. The minimum absolute atomic E-state index is 0.0427. The van der Waals surface area contributed by atoms with Crippen LogP contribution in [-0.4, -0.2) is 20.7 Å². The van der Waals surface area contributed by atoms with E-state index in [9.17, 15) is 9.18 Å². The van der Waals surface area contributed by atoms with Crippen molar-refractivity contribution in [2.75, 3.05) is 5.32 Å². The average Bonchev–Trinajstić information content (AvgIpc) is 2.67. The van der Waals surface area contributed by atoms with Gasteiger partial charge < -0.3 is 5.32 Å². The second-order valence-corrected chi connectivity index (χ2v) is 4.88. The second-order valence-electron chi connectivity index (χ2n) is 4.88. The molecule has 0 fully saturated rings. The van der Waals surface area contributed by atoms with Gasteiger partial charge >= 0.3 is 0 Å². The topological polar surface area (TPSA) is 59.8 Å². The number of hydrogen-bond donors (Lipinski definition) is 1. The Labute approximate surface area is 116 Å². The van der Waals surface area contributed by atoms with Crippen molar-refractivity contribution in [2.45, 2.75) is 33.7 Å². The number of hydrogen-bond acceptors (Lipinski definition) is 3. The largest absolute Gasteiger partial charge is 0.317 e. The van der Waals surface area contributed by atoms with E-state index in [1.807, 2.05) is 32.4 Å². The van der Waals surface area contributed by atoms with Gasteiger partial charge in [-0.25, -0.2) is 4.98 Å². The maximum absolute atomic E-state index is 13.0. The number of carbonyl (C=O) groups excluding carboxylic acids is 1. The van der Waals surface area contributed by atoms with E-state index in [0.717, 1.165) is 11.4 Å². The van der Waals surface area contributed by atoms with Gasteiger partial charge in [-0.2, -0.15) is 9.49 Å². The Balaban J connectivity index is 2.29. The minimum atomic E-state index is -0.677. The molecular weight excluding hydrogens is 259 g/mol. The molecule has 2 aromatic rings. The zero-order valence-electron chi connectivity index (χ0n) is 11.9. The lowest BCUT2D eigenvalue weighted by Crippen LogP contribution is -2.15. The summed E-state index contributed by atoms with van der Waals surface area (Å²) < 4.78 is 14.9. The van der Waals surface area contributed by atoms with Crippen molar-refractivity contribution in [1.82, 2.24) is 14.8 Å². The number of carbonyl (C=O) groups is 1. The van der Waals surface area contributed by atoms with Gasteiger partial charge in [-0.15, -0.1) is 0 Å². The van der Waals surface area contributed by atoms with Crippen molar-refractivity contribution in [3.8, 4) is 0 Å². The Morgan fingerprint density at radius 3 is 2.60 bits per heavy atom. The number of pyridine rings is 1. The third-order valence-electron chi connectivity index (χ3n) is 3.00. The summed E-state index contributed by atoms with van der Waals surface area (Å²) in [7, 11) is 0. The Morgan fingerprint density at radius 1 is 1.35 bits per heavy atom. The Bertz CT molecular complexity index is 649. The van der Waals surface area contributed by atoms with Gasteiger partial charge in [0.05, 0.1) is 17.1 Å². The van der Waals surface area contributed by atoms with Gasteiger partial charge in [0.1, 0.15) is 5.69 Å². The molecule has 0 bridgehead atoms. The summed E-state index contributed by atoms with van der Waals surface area (Å²) in [5, 5.41) is 7.13. The number of rotatable bonds is 3. The molecule has 0 saturated carbocycles. The monoisotopic (exact) mass is 276 g/mol. The minimum Gasteiger partial charge on any atom is -0.317 e. The normalized spacial score (nSPS) is 10.9. The van der Waals surface area contributed by atoms with Gasteiger partial charge in [-0.05, 0) is 39.8 Å². The summed E-state index contributed by atoms with van der Waals surface area (Å²) in [5.41, 5.74) is 2.28. The molecule has 5 nitrogen and oxygen atoms in total. The van der Waals surface area contributed by atoms with Crippen molar-refractivity contribution in [1.29, 1.82) is 0 Å². The molecule has 2 heterocycles. The molecule has 0 radical (unpaired) electrons. The van der Waals surface area contributed by atoms with Crippen molar-refractivity contribution in [3.05, 3.63) is 41.2 Å². The molecule has 2 aromatic heterocycles. The predicted molar refractivity (Wildman–Crippen MR) is 74.2 cm³/mol. The van der Waals surface area contributed by atoms with Crippen LogP contribution in [-0.2, 0) is 0 Å². The van der Waals surface area contributed by atoms with E-state index in [1.54, 1.807) is 0 Å². The third-order valence-corrected chi connectivity index (χ3v) is 3.00. The summed E-state index contributed by atoms with van der Waals surface area (Å²) in [4.78, 5) is 15.6. The van der Waals surface area contributed by atoms with Crippen molar-refractivity contribution < 1.29 is 9.18 Å². The van der Waals surface area contributed by atoms with Gasteiger partial charge in [0.15, 0.2) is 0 Å².